The predicted octanol–water partition coefficient (Wildman–Crippen LogP) is 2.40. The average Bonchev–Trinajstić information content (AvgIpc) is 2.91. The van der Waals surface area contributed by atoms with Crippen molar-refractivity contribution >= 4 is 13.6 Å². The summed E-state index contributed by atoms with van der Waals surface area (Å²) < 4.78 is 4.31. The molecule has 0 aromatic heterocycles. The molecule has 2 fully saturated rings. The minimum atomic E-state index is -2.71. The molecule has 0 bridgehead atoms. The largest absolute Gasteiger partial charge is 0.632 e. The van der Waals surface area contributed by atoms with Gasteiger partial charge < -0.3 is 4.89 Å². The van der Waals surface area contributed by atoms with Crippen LogP contribution in [0.4, 0.5) is 5.69 Å². The first kappa shape index (κ1) is 14.3. The van der Waals surface area contributed by atoms with Crippen molar-refractivity contribution in [3.05, 3.63) is 30.3 Å². The topological polar surface area (TPSA) is 41.6 Å². The van der Waals surface area contributed by atoms with Crippen LogP contribution in [0, 0.1) is 0 Å². The van der Waals surface area contributed by atoms with Crippen LogP contribution < -0.4 is 14.7 Å². The van der Waals surface area contributed by atoms with Crippen LogP contribution in [0.5, 0.6) is 0 Å². The molecular weight excluding hydrogens is 269 g/mol. The van der Waals surface area contributed by atoms with E-state index < -0.39 is 7.94 Å². The van der Waals surface area contributed by atoms with E-state index in [1.165, 1.54) is 0 Å². The molecule has 0 saturated carbocycles. The minimum Gasteiger partial charge on any atom is -0.632 e. The van der Waals surface area contributed by atoms with Gasteiger partial charge in [0.1, 0.15) is 0 Å². The smallest absolute Gasteiger partial charge is 0.207 e. The summed E-state index contributed by atoms with van der Waals surface area (Å²) >= 11 is 0. The maximum Gasteiger partial charge on any atom is 0.207 e. The molecule has 2 atom stereocenters. The molecule has 3 rings (SSSR count). The van der Waals surface area contributed by atoms with Crippen molar-refractivity contribution in [1.82, 2.24) is 9.76 Å². The fourth-order valence-corrected chi connectivity index (χ4v) is 6.54. The van der Waals surface area contributed by atoms with E-state index in [4.69, 9.17) is 0 Å². The lowest BCUT2D eigenvalue weighted by Gasteiger charge is -2.43. The van der Waals surface area contributed by atoms with Crippen LogP contribution in [-0.2, 0) is 0 Å². The van der Waals surface area contributed by atoms with Crippen LogP contribution in [0.2, 0.25) is 0 Å². The van der Waals surface area contributed by atoms with Crippen molar-refractivity contribution in [2.24, 2.45) is 0 Å². The lowest BCUT2D eigenvalue weighted by Crippen LogP contribution is -2.49. The van der Waals surface area contributed by atoms with Crippen LogP contribution in [0.15, 0.2) is 30.3 Å². The van der Waals surface area contributed by atoms with Gasteiger partial charge in [0.15, 0.2) is 0 Å². The minimum absolute atomic E-state index is 0.167. The van der Waals surface area contributed by atoms with Crippen molar-refractivity contribution in [1.29, 1.82) is 0 Å². The summed E-state index contributed by atoms with van der Waals surface area (Å²) in [6.45, 7) is 8.05. The molecule has 20 heavy (non-hydrogen) atoms. The number of rotatable bonds is 2. The Balaban J connectivity index is 1.96. The van der Waals surface area contributed by atoms with Gasteiger partial charge in [0.2, 0.25) is 7.94 Å². The molecule has 1 N–H and O–H groups in total. The lowest BCUT2D eigenvalue weighted by molar-refractivity contribution is -0.185. The molecular formula is C15H24N3OP. The second kappa shape index (κ2) is 4.96. The second-order valence-corrected chi connectivity index (χ2v) is 9.09. The van der Waals surface area contributed by atoms with E-state index >= 15 is 0 Å². The molecule has 2 aliphatic rings. The predicted molar refractivity (Wildman–Crippen MR) is 83.3 cm³/mol. The number of benzene rings is 1. The monoisotopic (exact) mass is 293 g/mol. The van der Waals surface area contributed by atoms with E-state index in [0.717, 1.165) is 31.6 Å². The molecule has 2 heterocycles. The highest BCUT2D eigenvalue weighted by Crippen LogP contribution is 2.63. The number of nitrogens with zero attached hydrogens (tertiary/aromatic N) is 2. The van der Waals surface area contributed by atoms with Gasteiger partial charge in [0.25, 0.3) is 0 Å². The van der Waals surface area contributed by atoms with Crippen molar-refractivity contribution in [3.8, 4) is 0 Å². The van der Waals surface area contributed by atoms with Gasteiger partial charge in [0.05, 0.1) is 18.3 Å². The number of hydrogen-bond acceptors (Lipinski definition) is 4. The van der Waals surface area contributed by atoms with Crippen LogP contribution in [0.25, 0.3) is 0 Å². The molecule has 2 aliphatic heterocycles. The van der Waals surface area contributed by atoms with Gasteiger partial charge in [-0.2, -0.15) is 5.09 Å². The summed E-state index contributed by atoms with van der Waals surface area (Å²) in [5.74, 6) is 0. The molecule has 1 aromatic carbocycles. The third-order valence-electron chi connectivity index (χ3n) is 3.94. The first-order valence-corrected chi connectivity index (χ1v) is 9.01. The maximum atomic E-state index is 13.7. The van der Waals surface area contributed by atoms with Gasteiger partial charge in [-0.1, -0.05) is 18.2 Å². The van der Waals surface area contributed by atoms with Gasteiger partial charge in [-0.3, -0.25) is 0 Å². The van der Waals surface area contributed by atoms with Gasteiger partial charge in [0, 0.05) is 12.1 Å². The molecule has 0 radical (unpaired) electrons. The Labute approximate surface area is 122 Å². The Hall–Kier alpha value is -0.670. The zero-order chi connectivity index (χ0) is 14.4. The zero-order valence-corrected chi connectivity index (χ0v) is 13.4. The van der Waals surface area contributed by atoms with Crippen molar-refractivity contribution in [2.75, 3.05) is 17.8 Å². The van der Waals surface area contributed by atoms with Gasteiger partial charge in [-0.25, -0.2) is 4.67 Å². The standard InChI is InChI=1S/C15H24N3OP/c1-15(2,3)16-20(19)17-11-7-10-14(17)12-18(20)13-8-5-4-6-9-13/h4-6,8-9,14H,7,10-12H2,1-3H3,(H,16,19)/t14-,20?/m0/s1. The second-order valence-electron chi connectivity index (χ2n) is 6.78. The number of hydrogen-bond donors (Lipinski definition) is 1. The Morgan fingerprint density at radius 1 is 1.25 bits per heavy atom. The fraction of sp³-hybridized carbons (Fsp3) is 0.600. The first-order valence-electron chi connectivity index (χ1n) is 7.40. The molecule has 1 aromatic rings. The first-order chi connectivity index (χ1) is 9.40. The Morgan fingerprint density at radius 3 is 2.60 bits per heavy atom. The van der Waals surface area contributed by atoms with Crippen molar-refractivity contribution < 1.29 is 4.89 Å². The van der Waals surface area contributed by atoms with Crippen molar-refractivity contribution in [3.63, 3.8) is 0 Å². The summed E-state index contributed by atoms with van der Waals surface area (Å²) in [6, 6.07) is 10.6. The Morgan fingerprint density at radius 2 is 1.95 bits per heavy atom. The molecule has 4 nitrogen and oxygen atoms in total. The summed E-state index contributed by atoms with van der Waals surface area (Å²) in [7, 11) is -2.71. The zero-order valence-electron chi connectivity index (χ0n) is 12.5. The highest BCUT2D eigenvalue weighted by molar-refractivity contribution is 7.66. The van der Waals surface area contributed by atoms with E-state index in [9.17, 15) is 4.89 Å². The van der Waals surface area contributed by atoms with E-state index in [-0.39, 0.29) is 5.54 Å². The van der Waals surface area contributed by atoms with Crippen LogP contribution in [0.3, 0.4) is 0 Å². The summed E-state index contributed by atoms with van der Waals surface area (Å²) in [5.41, 5.74) is 0.891. The molecule has 110 valence electrons. The van der Waals surface area contributed by atoms with Gasteiger partial charge in [-0.05, 0) is 45.7 Å². The van der Waals surface area contributed by atoms with Crippen LogP contribution in [-0.4, -0.2) is 29.3 Å². The number of anilines is 1. The van der Waals surface area contributed by atoms with Gasteiger partial charge in [-0.15, -0.1) is 4.67 Å². The molecule has 2 saturated heterocycles. The Kier molecular flexibility index (Phi) is 3.54. The van der Waals surface area contributed by atoms with Crippen LogP contribution >= 0.6 is 7.94 Å². The molecule has 0 spiro atoms. The fourth-order valence-electron chi connectivity index (χ4n) is 3.24. The van der Waals surface area contributed by atoms with E-state index in [1.807, 2.05) is 18.2 Å². The van der Waals surface area contributed by atoms with E-state index in [1.54, 1.807) is 0 Å². The summed E-state index contributed by atoms with van der Waals surface area (Å²) in [6.07, 6.45) is 2.31. The summed E-state index contributed by atoms with van der Waals surface area (Å²) in [5, 5.41) is 3.42. The molecule has 0 amide bonds. The molecule has 0 aliphatic carbocycles. The normalized spacial score (nSPS) is 30.8. The third-order valence-corrected chi connectivity index (χ3v) is 7.17. The summed E-state index contributed by atoms with van der Waals surface area (Å²) in [4.78, 5) is 13.7. The molecule has 5 heteroatoms. The van der Waals surface area contributed by atoms with Gasteiger partial charge >= 0.3 is 0 Å². The average molecular weight is 293 g/mol. The highest BCUT2D eigenvalue weighted by atomic mass is 31.2. The quantitative estimate of drug-likeness (QED) is 0.850. The highest BCUT2D eigenvalue weighted by Gasteiger charge is 2.56. The number of para-hydroxylation sites is 1. The maximum absolute atomic E-state index is 13.7. The number of nitrogens with one attached hydrogen (secondary N) is 1. The SMILES string of the molecule is CC(C)(C)N[P+]1([O-])N(c2ccccc2)C[C@@H]2CCCN21. The van der Waals surface area contributed by atoms with Crippen molar-refractivity contribution in [2.45, 2.75) is 45.2 Å². The Bertz CT molecular complexity index is 476. The third kappa shape index (κ3) is 2.46. The molecule has 1 unspecified atom stereocenters. The number of fused-ring (bicyclic) bond motifs is 1. The van der Waals surface area contributed by atoms with E-state index in [2.05, 4.69) is 47.3 Å². The van der Waals surface area contributed by atoms with Crippen LogP contribution in [0.1, 0.15) is 33.6 Å². The van der Waals surface area contributed by atoms with E-state index in [0.29, 0.717) is 6.04 Å². The lowest BCUT2D eigenvalue weighted by atomic mass is 10.1.